The lowest BCUT2D eigenvalue weighted by Gasteiger charge is -2.36. The van der Waals surface area contributed by atoms with E-state index in [9.17, 15) is 5.11 Å². The summed E-state index contributed by atoms with van der Waals surface area (Å²) in [5.74, 6) is 0. The number of nitrogens with zero attached hydrogens (tertiary/aromatic N) is 1. The van der Waals surface area contributed by atoms with Gasteiger partial charge < -0.3 is 10.8 Å². The van der Waals surface area contributed by atoms with E-state index in [4.69, 9.17) is 5.73 Å². The van der Waals surface area contributed by atoms with Crippen LogP contribution in [0.15, 0.2) is 24.3 Å². The van der Waals surface area contributed by atoms with Gasteiger partial charge in [0.1, 0.15) is 0 Å². The molecule has 3 nitrogen and oxygen atoms in total. The van der Waals surface area contributed by atoms with Crippen molar-refractivity contribution in [3.8, 4) is 0 Å². The summed E-state index contributed by atoms with van der Waals surface area (Å²) in [5, 5.41) is 10.1. The molecule has 2 unspecified atom stereocenters. The van der Waals surface area contributed by atoms with Crippen molar-refractivity contribution in [3.63, 3.8) is 0 Å². The van der Waals surface area contributed by atoms with Gasteiger partial charge >= 0.3 is 0 Å². The molecule has 1 fully saturated rings. The van der Waals surface area contributed by atoms with Gasteiger partial charge in [0.25, 0.3) is 0 Å². The second-order valence-corrected chi connectivity index (χ2v) is 4.58. The van der Waals surface area contributed by atoms with Crippen LogP contribution in [-0.4, -0.2) is 29.7 Å². The Labute approximate surface area is 96.9 Å². The van der Waals surface area contributed by atoms with Crippen LogP contribution >= 0.6 is 0 Å². The van der Waals surface area contributed by atoms with Gasteiger partial charge in [0, 0.05) is 6.54 Å². The number of piperidine rings is 1. The normalized spacial score (nSPS) is 26.9. The first-order valence-corrected chi connectivity index (χ1v) is 5.89. The molecule has 0 amide bonds. The fourth-order valence-corrected chi connectivity index (χ4v) is 2.47. The van der Waals surface area contributed by atoms with Gasteiger partial charge in [-0.25, -0.2) is 0 Å². The Bertz CT molecular complexity index is 326. The minimum Gasteiger partial charge on any atom is -0.391 e. The molecule has 1 heterocycles. The summed E-state index contributed by atoms with van der Waals surface area (Å²) in [6, 6.07) is 8.39. The maximum Gasteiger partial charge on any atom is 0.0737 e. The number of likely N-dealkylation sites (N-methyl/N-ethyl adjacent to an activating group) is 1. The van der Waals surface area contributed by atoms with Crippen molar-refractivity contribution in [2.45, 2.75) is 31.5 Å². The first-order chi connectivity index (χ1) is 7.72. The number of rotatable bonds is 2. The Morgan fingerprint density at radius 3 is 2.62 bits per heavy atom. The fourth-order valence-electron chi connectivity index (χ4n) is 2.47. The van der Waals surface area contributed by atoms with Crippen LogP contribution in [0.3, 0.4) is 0 Å². The van der Waals surface area contributed by atoms with Crippen LogP contribution in [0.25, 0.3) is 0 Å². The molecule has 1 aliphatic rings. The Kier molecular flexibility index (Phi) is 3.59. The summed E-state index contributed by atoms with van der Waals surface area (Å²) < 4.78 is 0. The van der Waals surface area contributed by atoms with Gasteiger partial charge in [0.05, 0.1) is 12.1 Å². The average molecular weight is 220 g/mol. The number of nitrogens with two attached hydrogens (primary N) is 1. The molecule has 2 atom stereocenters. The van der Waals surface area contributed by atoms with Gasteiger partial charge in [0.15, 0.2) is 0 Å². The maximum absolute atomic E-state index is 10.1. The standard InChI is InChI=1S/C13H20N2O/c1-15-8-2-3-12(16)13(15)11-6-4-10(9-14)5-7-11/h4-7,12-13,16H,2-3,8-9,14H2,1H3. The molecule has 0 saturated carbocycles. The minimum absolute atomic E-state index is 0.139. The second-order valence-electron chi connectivity index (χ2n) is 4.58. The molecule has 0 aromatic heterocycles. The first kappa shape index (κ1) is 11.6. The molecule has 1 saturated heterocycles. The number of aliphatic hydroxyl groups is 1. The molecule has 2 rings (SSSR count). The third kappa shape index (κ3) is 2.26. The quantitative estimate of drug-likeness (QED) is 0.789. The van der Waals surface area contributed by atoms with Gasteiger partial charge in [-0.05, 0) is 37.6 Å². The second kappa shape index (κ2) is 4.95. The Hall–Kier alpha value is -0.900. The number of benzene rings is 1. The van der Waals surface area contributed by atoms with Crippen LogP contribution in [0.1, 0.15) is 30.0 Å². The summed E-state index contributed by atoms with van der Waals surface area (Å²) in [4.78, 5) is 2.23. The summed E-state index contributed by atoms with van der Waals surface area (Å²) in [7, 11) is 2.07. The third-order valence-corrected chi connectivity index (χ3v) is 3.41. The molecular formula is C13H20N2O. The molecule has 0 spiro atoms. The van der Waals surface area contributed by atoms with Crippen LogP contribution in [0.5, 0.6) is 0 Å². The zero-order valence-electron chi connectivity index (χ0n) is 9.76. The zero-order valence-corrected chi connectivity index (χ0v) is 9.76. The van der Waals surface area contributed by atoms with Gasteiger partial charge in [0.2, 0.25) is 0 Å². The van der Waals surface area contributed by atoms with E-state index >= 15 is 0 Å². The first-order valence-electron chi connectivity index (χ1n) is 5.89. The highest BCUT2D eigenvalue weighted by molar-refractivity contribution is 5.26. The highest BCUT2D eigenvalue weighted by atomic mass is 16.3. The van der Waals surface area contributed by atoms with Gasteiger partial charge in [-0.3, -0.25) is 4.90 Å². The third-order valence-electron chi connectivity index (χ3n) is 3.41. The summed E-state index contributed by atoms with van der Waals surface area (Å²) >= 11 is 0. The minimum atomic E-state index is -0.248. The van der Waals surface area contributed by atoms with Crippen molar-refractivity contribution in [1.82, 2.24) is 4.90 Å². The topological polar surface area (TPSA) is 49.5 Å². The molecule has 0 radical (unpaired) electrons. The Balaban J connectivity index is 2.20. The number of hydrogen-bond donors (Lipinski definition) is 2. The monoisotopic (exact) mass is 220 g/mol. The van der Waals surface area contributed by atoms with Crippen molar-refractivity contribution in [3.05, 3.63) is 35.4 Å². The van der Waals surface area contributed by atoms with E-state index in [-0.39, 0.29) is 12.1 Å². The lowest BCUT2D eigenvalue weighted by Crippen LogP contribution is -2.39. The molecule has 16 heavy (non-hydrogen) atoms. The van der Waals surface area contributed by atoms with E-state index in [1.807, 2.05) is 12.1 Å². The molecule has 1 aromatic carbocycles. The summed E-state index contributed by atoms with van der Waals surface area (Å²) in [5.41, 5.74) is 7.90. The van der Waals surface area contributed by atoms with Crippen molar-refractivity contribution in [1.29, 1.82) is 0 Å². The lowest BCUT2D eigenvalue weighted by atomic mass is 9.92. The lowest BCUT2D eigenvalue weighted by molar-refractivity contribution is 0.0241. The summed E-state index contributed by atoms with van der Waals surface area (Å²) in [6.45, 7) is 1.63. The molecule has 3 heteroatoms. The average Bonchev–Trinajstić information content (AvgIpc) is 2.30. The highest BCUT2D eigenvalue weighted by Crippen LogP contribution is 2.29. The maximum atomic E-state index is 10.1. The van der Waals surface area contributed by atoms with E-state index in [2.05, 4.69) is 24.1 Å². The largest absolute Gasteiger partial charge is 0.391 e. The van der Waals surface area contributed by atoms with Crippen LogP contribution in [-0.2, 0) is 6.54 Å². The van der Waals surface area contributed by atoms with E-state index in [1.165, 1.54) is 5.56 Å². The summed E-state index contributed by atoms with van der Waals surface area (Å²) in [6.07, 6.45) is 1.73. The number of aliphatic hydroxyl groups excluding tert-OH is 1. The number of likely N-dealkylation sites (tertiary alicyclic amines) is 1. The van der Waals surface area contributed by atoms with Gasteiger partial charge in [-0.1, -0.05) is 24.3 Å². The number of hydrogen-bond acceptors (Lipinski definition) is 3. The highest BCUT2D eigenvalue weighted by Gasteiger charge is 2.28. The molecule has 0 aliphatic carbocycles. The van der Waals surface area contributed by atoms with Gasteiger partial charge in [-0.2, -0.15) is 0 Å². The van der Waals surface area contributed by atoms with Crippen LogP contribution in [0.4, 0.5) is 0 Å². The van der Waals surface area contributed by atoms with Gasteiger partial charge in [-0.15, -0.1) is 0 Å². The predicted octanol–water partition coefficient (Wildman–Crippen LogP) is 1.27. The molecule has 0 bridgehead atoms. The van der Waals surface area contributed by atoms with Crippen LogP contribution in [0.2, 0.25) is 0 Å². The molecule has 1 aromatic rings. The van der Waals surface area contributed by atoms with Crippen molar-refractivity contribution in [2.24, 2.45) is 5.73 Å². The molecule has 88 valence electrons. The Morgan fingerprint density at radius 1 is 1.38 bits per heavy atom. The van der Waals surface area contributed by atoms with E-state index < -0.39 is 0 Å². The van der Waals surface area contributed by atoms with Crippen LogP contribution < -0.4 is 5.73 Å². The molecule has 1 aliphatic heterocycles. The van der Waals surface area contributed by atoms with E-state index in [0.717, 1.165) is 24.9 Å². The smallest absolute Gasteiger partial charge is 0.0737 e. The van der Waals surface area contributed by atoms with Crippen LogP contribution in [0, 0.1) is 0 Å². The Morgan fingerprint density at radius 2 is 2.06 bits per heavy atom. The fraction of sp³-hybridized carbons (Fsp3) is 0.538. The molecular weight excluding hydrogens is 200 g/mol. The SMILES string of the molecule is CN1CCCC(O)C1c1ccc(CN)cc1. The molecule has 3 N–H and O–H groups in total. The van der Waals surface area contributed by atoms with E-state index in [1.54, 1.807) is 0 Å². The van der Waals surface area contributed by atoms with E-state index in [0.29, 0.717) is 6.54 Å². The van der Waals surface area contributed by atoms with Crippen molar-refractivity contribution < 1.29 is 5.11 Å². The van der Waals surface area contributed by atoms with Crippen molar-refractivity contribution >= 4 is 0 Å². The predicted molar refractivity (Wildman–Crippen MR) is 64.9 cm³/mol. The van der Waals surface area contributed by atoms with Crippen molar-refractivity contribution in [2.75, 3.05) is 13.6 Å². The zero-order chi connectivity index (χ0) is 11.5.